The van der Waals surface area contributed by atoms with Gasteiger partial charge < -0.3 is 20.9 Å². The van der Waals surface area contributed by atoms with Crippen LogP contribution in [-0.4, -0.2) is 36.0 Å². The Bertz CT molecular complexity index is 186. The van der Waals surface area contributed by atoms with Crippen molar-refractivity contribution >= 4 is 6.09 Å². The molecule has 0 unspecified atom stereocenters. The number of aliphatic hydroxyl groups is 1. The second kappa shape index (κ2) is 6.63. The first-order chi connectivity index (χ1) is 6.66. The van der Waals surface area contributed by atoms with E-state index in [4.69, 9.17) is 9.84 Å². The highest BCUT2D eigenvalue weighted by atomic mass is 16.6. The van der Waals surface area contributed by atoms with E-state index in [2.05, 4.69) is 11.1 Å². The smallest absolute Gasteiger partial charge is 0.408 e. The zero-order valence-corrected chi connectivity index (χ0v) is 10.5. The third-order valence-corrected chi connectivity index (χ3v) is 1.23. The van der Waals surface area contributed by atoms with Gasteiger partial charge in [-0.05, 0) is 41.7 Å². The molecule has 0 saturated carbocycles. The summed E-state index contributed by atoms with van der Waals surface area (Å²) in [4.78, 5) is 11.2. The van der Waals surface area contributed by atoms with Gasteiger partial charge in [-0.2, -0.15) is 0 Å². The third kappa shape index (κ3) is 11.1. The first kappa shape index (κ1) is 16.6. The monoisotopic (exact) mass is 220 g/mol. The van der Waals surface area contributed by atoms with Crippen LogP contribution in [0.25, 0.3) is 0 Å². The number of carbonyl (C=O) groups excluding carboxylic acids is 1. The molecule has 0 aliphatic carbocycles. The molecule has 0 saturated heterocycles. The second-order valence-corrected chi connectivity index (χ2v) is 4.67. The van der Waals surface area contributed by atoms with Gasteiger partial charge in [0.05, 0.1) is 12.1 Å². The molecule has 5 nitrogen and oxygen atoms in total. The number of rotatable bonds is 2. The van der Waals surface area contributed by atoms with Gasteiger partial charge >= 0.3 is 6.09 Å². The molecule has 15 heavy (non-hydrogen) atoms. The molecule has 4 N–H and O–H groups in total. The SMILES string of the molecule is CC(C)(CO)NC(=O)OC(C)(C)C.CN. The predicted molar refractivity (Wildman–Crippen MR) is 60.6 cm³/mol. The molecule has 0 rings (SSSR count). The number of alkyl carbamates (subject to hydrolysis) is 1. The summed E-state index contributed by atoms with van der Waals surface area (Å²) >= 11 is 0. The van der Waals surface area contributed by atoms with Crippen LogP contribution in [0.1, 0.15) is 34.6 Å². The summed E-state index contributed by atoms with van der Waals surface area (Å²) in [5, 5.41) is 11.4. The molecular weight excluding hydrogens is 196 g/mol. The highest BCUT2D eigenvalue weighted by Gasteiger charge is 2.23. The largest absolute Gasteiger partial charge is 0.444 e. The highest BCUT2D eigenvalue weighted by Crippen LogP contribution is 2.08. The molecule has 92 valence electrons. The van der Waals surface area contributed by atoms with Crippen molar-refractivity contribution < 1.29 is 14.6 Å². The fourth-order valence-corrected chi connectivity index (χ4v) is 0.619. The maximum atomic E-state index is 11.2. The maximum absolute atomic E-state index is 11.2. The molecule has 0 aliphatic heterocycles. The summed E-state index contributed by atoms with van der Waals surface area (Å²) in [5.74, 6) is 0. The molecule has 0 aromatic rings. The maximum Gasteiger partial charge on any atom is 0.408 e. The fraction of sp³-hybridized carbons (Fsp3) is 0.900. The van der Waals surface area contributed by atoms with Gasteiger partial charge in [0.25, 0.3) is 0 Å². The van der Waals surface area contributed by atoms with Crippen molar-refractivity contribution in [3.05, 3.63) is 0 Å². The fourth-order valence-electron chi connectivity index (χ4n) is 0.619. The number of nitrogens with two attached hydrogens (primary N) is 1. The molecule has 0 heterocycles. The van der Waals surface area contributed by atoms with E-state index in [0.29, 0.717) is 0 Å². The topological polar surface area (TPSA) is 84.6 Å². The number of hydrogen-bond donors (Lipinski definition) is 3. The van der Waals surface area contributed by atoms with Crippen molar-refractivity contribution in [2.45, 2.75) is 45.8 Å². The predicted octanol–water partition coefficient (Wildman–Crippen LogP) is 0.857. The van der Waals surface area contributed by atoms with E-state index in [1.54, 1.807) is 34.6 Å². The summed E-state index contributed by atoms with van der Waals surface area (Å²) < 4.78 is 5.01. The third-order valence-electron chi connectivity index (χ3n) is 1.23. The van der Waals surface area contributed by atoms with Gasteiger partial charge in [-0.1, -0.05) is 0 Å². The van der Waals surface area contributed by atoms with E-state index >= 15 is 0 Å². The molecule has 0 atom stereocenters. The average Bonchev–Trinajstić information content (AvgIpc) is 2.03. The first-order valence-electron chi connectivity index (χ1n) is 4.86. The van der Waals surface area contributed by atoms with Gasteiger partial charge in [0.15, 0.2) is 0 Å². The molecule has 0 aromatic carbocycles. The average molecular weight is 220 g/mol. The number of hydrogen-bond acceptors (Lipinski definition) is 4. The van der Waals surface area contributed by atoms with E-state index in [1.165, 1.54) is 7.05 Å². The Morgan fingerprint density at radius 1 is 1.27 bits per heavy atom. The Morgan fingerprint density at radius 3 is 1.93 bits per heavy atom. The lowest BCUT2D eigenvalue weighted by Crippen LogP contribution is -2.48. The molecular formula is C10H24N2O3. The lowest BCUT2D eigenvalue weighted by molar-refractivity contribution is 0.0431. The molecule has 0 aliphatic rings. The number of nitrogens with one attached hydrogen (secondary N) is 1. The number of aliphatic hydroxyl groups excluding tert-OH is 1. The van der Waals surface area contributed by atoms with E-state index < -0.39 is 17.2 Å². The summed E-state index contributed by atoms with van der Waals surface area (Å²) in [6.45, 7) is 8.69. The zero-order valence-electron chi connectivity index (χ0n) is 10.5. The molecule has 0 fully saturated rings. The van der Waals surface area contributed by atoms with Crippen molar-refractivity contribution in [1.29, 1.82) is 0 Å². The van der Waals surface area contributed by atoms with Crippen molar-refractivity contribution in [3.8, 4) is 0 Å². The van der Waals surface area contributed by atoms with Gasteiger partial charge in [0.1, 0.15) is 5.60 Å². The van der Waals surface area contributed by atoms with Gasteiger partial charge in [-0.25, -0.2) is 4.79 Å². The summed E-state index contributed by atoms with van der Waals surface area (Å²) in [5.41, 5.74) is 3.36. The Kier molecular flexibility index (Phi) is 7.35. The molecule has 0 spiro atoms. The summed E-state index contributed by atoms with van der Waals surface area (Å²) in [6, 6.07) is 0. The lowest BCUT2D eigenvalue weighted by atomic mass is 10.1. The van der Waals surface area contributed by atoms with Crippen molar-refractivity contribution in [2.75, 3.05) is 13.7 Å². The minimum Gasteiger partial charge on any atom is -0.444 e. The van der Waals surface area contributed by atoms with Crippen molar-refractivity contribution in [1.82, 2.24) is 5.32 Å². The van der Waals surface area contributed by atoms with Crippen LogP contribution in [0.4, 0.5) is 4.79 Å². The first-order valence-corrected chi connectivity index (χ1v) is 4.86. The minimum absolute atomic E-state index is 0.119. The van der Waals surface area contributed by atoms with E-state index in [9.17, 15) is 4.79 Å². The van der Waals surface area contributed by atoms with Gasteiger partial charge in [0.2, 0.25) is 0 Å². The Balaban J connectivity index is 0. The number of amides is 1. The van der Waals surface area contributed by atoms with Crippen LogP contribution >= 0.6 is 0 Å². The van der Waals surface area contributed by atoms with Crippen LogP contribution in [0.3, 0.4) is 0 Å². The number of ether oxygens (including phenoxy) is 1. The highest BCUT2D eigenvalue weighted by molar-refractivity contribution is 5.68. The van der Waals surface area contributed by atoms with Crippen LogP contribution in [-0.2, 0) is 4.74 Å². The molecule has 1 amide bonds. The molecule has 0 aromatic heterocycles. The van der Waals surface area contributed by atoms with Gasteiger partial charge in [-0.15, -0.1) is 0 Å². The van der Waals surface area contributed by atoms with Gasteiger partial charge in [-0.3, -0.25) is 0 Å². The van der Waals surface area contributed by atoms with Crippen molar-refractivity contribution in [2.24, 2.45) is 5.73 Å². The molecule has 5 heteroatoms. The second-order valence-electron chi connectivity index (χ2n) is 4.67. The Hall–Kier alpha value is -0.810. The van der Waals surface area contributed by atoms with E-state index in [1.807, 2.05) is 0 Å². The van der Waals surface area contributed by atoms with Gasteiger partial charge in [0, 0.05) is 0 Å². The van der Waals surface area contributed by atoms with Crippen LogP contribution < -0.4 is 11.1 Å². The van der Waals surface area contributed by atoms with Crippen LogP contribution in [0.2, 0.25) is 0 Å². The molecule has 0 radical (unpaired) electrons. The zero-order chi connectivity index (χ0) is 12.7. The molecule has 0 bridgehead atoms. The van der Waals surface area contributed by atoms with Crippen LogP contribution in [0, 0.1) is 0 Å². The Labute approximate surface area is 92.0 Å². The summed E-state index contributed by atoms with van der Waals surface area (Å²) in [6.07, 6.45) is -0.508. The van der Waals surface area contributed by atoms with E-state index in [0.717, 1.165) is 0 Å². The van der Waals surface area contributed by atoms with E-state index in [-0.39, 0.29) is 6.61 Å². The normalized spacial score (nSPS) is 11.2. The quantitative estimate of drug-likeness (QED) is 0.644. The lowest BCUT2D eigenvalue weighted by Gasteiger charge is -2.26. The van der Waals surface area contributed by atoms with Crippen molar-refractivity contribution in [3.63, 3.8) is 0 Å². The minimum atomic E-state index is -0.637. The summed E-state index contributed by atoms with van der Waals surface area (Å²) in [7, 11) is 1.50. The Morgan fingerprint density at radius 2 is 1.67 bits per heavy atom. The van der Waals surface area contributed by atoms with Crippen LogP contribution in [0.15, 0.2) is 0 Å². The van der Waals surface area contributed by atoms with Crippen LogP contribution in [0.5, 0.6) is 0 Å². The standard InChI is InChI=1S/C9H19NO3.CH5N/c1-8(2,3)13-7(12)10-9(4,5)6-11;1-2/h11H,6H2,1-5H3,(H,10,12);2H2,1H3. The number of carbonyl (C=O) groups is 1.